The van der Waals surface area contributed by atoms with Crippen LogP contribution in [-0.4, -0.2) is 28.2 Å². The van der Waals surface area contributed by atoms with E-state index < -0.39 is 0 Å². The molecule has 0 fully saturated rings. The van der Waals surface area contributed by atoms with Crippen molar-refractivity contribution >= 4 is 21.8 Å². The average Bonchev–Trinajstić information content (AvgIpc) is 2.66. The van der Waals surface area contributed by atoms with Gasteiger partial charge in [-0.15, -0.1) is 0 Å². The molecule has 0 aliphatic carbocycles. The highest BCUT2D eigenvalue weighted by atomic mass is 79.9. The standard InChI is InChI=1S/C13H21BrN2O2/c1-3-7-16-9-11(14)8-12(16)13(18)15-6-4-5-10(2)17/h8-10,17H,3-7H2,1-2H3,(H,15,18). The van der Waals surface area contributed by atoms with Crippen molar-refractivity contribution in [3.8, 4) is 0 Å². The molecule has 1 aromatic heterocycles. The summed E-state index contributed by atoms with van der Waals surface area (Å²) >= 11 is 3.39. The Kier molecular flexibility index (Phi) is 6.43. The van der Waals surface area contributed by atoms with E-state index in [1.165, 1.54) is 0 Å². The molecule has 1 unspecified atom stereocenters. The summed E-state index contributed by atoms with van der Waals surface area (Å²) in [5.74, 6) is -0.0558. The van der Waals surface area contributed by atoms with Crippen molar-refractivity contribution in [1.29, 1.82) is 0 Å². The normalized spacial score (nSPS) is 12.4. The molecule has 4 nitrogen and oxygen atoms in total. The van der Waals surface area contributed by atoms with Crippen molar-refractivity contribution in [2.45, 2.75) is 45.8 Å². The Morgan fingerprint density at radius 3 is 2.94 bits per heavy atom. The van der Waals surface area contributed by atoms with Gasteiger partial charge >= 0.3 is 0 Å². The van der Waals surface area contributed by atoms with E-state index in [-0.39, 0.29) is 12.0 Å². The summed E-state index contributed by atoms with van der Waals surface area (Å²) in [5.41, 5.74) is 0.681. The molecule has 18 heavy (non-hydrogen) atoms. The number of aliphatic hydroxyl groups excluding tert-OH is 1. The van der Waals surface area contributed by atoms with Crippen LogP contribution < -0.4 is 5.32 Å². The lowest BCUT2D eigenvalue weighted by molar-refractivity contribution is 0.0940. The average molecular weight is 317 g/mol. The molecule has 1 rings (SSSR count). The van der Waals surface area contributed by atoms with Crippen LogP contribution in [0.25, 0.3) is 0 Å². The Morgan fingerprint density at radius 1 is 1.61 bits per heavy atom. The van der Waals surface area contributed by atoms with Gasteiger partial charge in [0.05, 0.1) is 6.10 Å². The predicted molar refractivity (Wildman–Crippen MR) is 75.7 cm³/mol. The SMILES string of the molecule is CCCn1cc(Br)cc1C(=O)NCCCC(C)O. The summed E-state index contributed by atoms with van der Waals surface area (Å²) < 4.78 is 2.87. The maximum absolute atomic E-state index is 12.0. The van der Waals surface area contributed by atoms with E-state index in [2.05, 4.69) is 28.2 Å². The number of aromatic nitrogens is 1. The largest absolute Gasteiger partial charge is 0.393 e. The van der Waals surface area contributed by atoms with Gasteiger partial charge in [-0.05, 0) is 48.2 Å². The highest BCUT2D eigenvalue weighted by Gasteiger charge is 2.12. The van der Waals surface area contributed by atoms with Crippen LogP contribution in [0.15, 0.2) is 16.7 Å². The second-order valence-corrected chi connectivity index (χ2v) is 5.40. The van der Waals surface area contributed by atoms with Crippen molar-refractivity contribution in [1.82, 2.24) is 9.88 Å². The monoisotopic (exact) mass is 316 g/mol. The first-order chi connectivity index (χ1) is 8.54. The molecule has 0 saturated heterocycles. The Bertz CT molecular complexity index is 388. The first-order valence-corrected chi connectivity index (χ1v) is 7.15. The zero-order valence-corrected chi connectivity index (χ0v) is 12.5. The van der Waals surface area contributed by atoms with E-state index in [0.29, 0.717) is 18.7 Å². The summed E-state index contributed by atoms with van der Waals surface area (Å²) in [6.07, 6.45) is 4.11. The number of aliphatic hydroxyl groups is 1. The van der Waals surface area contributed by atoms with Crippen molar-refractivity contribution < 1.29 is 9.90 Å². The van der Waals surface area contributed by atoms with E-state index >= 15 is 0 Å². The van der Waals surface area contributed by atoms with Crippen LogP contribution >= 0.6 is 15.9 Å². The summed E-state index contributed by atoms with van der Waals surface area (Å²) in [7, 11) is 0. The van der Waals surface area contributed by atoms with Crippen LogP contribution in [-0.2, 0) is 6.54 Å². The van der Waals surface area contributed by atoms with Crippen LogP contribution in [0.5, 0.6) is 0 Å². The molecule has 5 heteroatoms. The van der Waals surface area contributed by atoms with Gasteiger partial charge < -0.3 is 15.0 Å². The number of nitrogens with zero attached hydrogens (tertiary/aromatic N) is 1. The quantitative estimate of drug-likeness (QED) is 0.760. The number of nitrogens with one attached hydrogen (secondary N) is 1. The van der Waals surface area contributed by atoms with Crippen LogP contribution in [0.1, 0.15) is 43.6 Å². The van der Waals surface area contributed by atoms with E-state index in [9.17, 15) is 4.79 Å². The zero-order valence-electron chi connectivity index (χ0n) is 10.9. The fraction of sp³-hybridized carbons (Fsp3) is 0.615. The van der Waals surface area contributed by atoms with Crippen molar-refractivity contribution in [3.63, 3.8) is 0 Å². The van der Waals surface area contributed by atoms with Gasteiger partial charge in [0.15, 0.2) is 0 Å². The molecule has 0 aromatic carbocycles. The zero-order chi connectivity index (χ0) is 13.5. The van der Waals surface area contributed by atoms with Crippen LogP contribution in [0.3, 0.4) is 0 Å². The summed E-state index contributed by atoms with van der Waals surface area (Å²) in [5, 5.41) is 12.0. The number of hydrogen-bond donors (Lipinski definition) is 2. The molecule has 1 heterocycles. The van der Waals surface area contributed by atoms with Gasteiger partial charge in [-0.3, -0.25) is 4.79 Å². The highest BCUT2D eigenvalue weighted by molar-refractivity contribution is 9.10. The van der Waals surface area contributed by atoms with Crippen molar-refractivity contribution in [3.05, 3.63) is 22.4 Å². The van der Waals surface area contributed by atoms with E-state index in [1.54, 1.807) is 6.92 Å². The molecule has 0 spiro atoms. The molecule has 0 aliphatic rings. The molecule has 1 aromatic rings. The lowest BCUT2D eigenvalue weighted by atomic mass is 10.2. The molecular formula is C13H21BrN2O2. The summed E-state index contributed by atoms with van der Waals surface area (Å²) in [4.78, 5) is 12.0. The molecule has 0 saturated carbocycles. The van der Waals surface area contributed by atoms with Crippen LogP contribution in [0.4, 0.5) is 0 Å². The van der Waals surface area contributed by atoms with Crippen molar-refractivity contribution in [2.24, 2.45) is 0 Å². The van der Waals surface area contributed by atoms with Crippen molar-refractivity contribution in [2.75, 3.05) is 6.54 Å². The third-order valence-electron chi connectivity index (χ3n) is 2.64. The minimum absolute atomic E-state index is 0.0558. The summed E-state index contributed by atoms with van der Waals surface area (Å²) in [6.45, 7) is 5.27. The molecule has 0 radical (unpaired) electrons. The highest BCUT2D eigenvalue weighted by Crippen LogP contribution is 2.15. The minimum atomic E-state index is -0.306. The molecule has 1 atom stereocenters. The number of hydrogen-bond acceptors (Lipinski definition) is 2. The fourth-order valence-electron chi connectivity index (χ4n) is 1.78. The lowest BCUT2D eigenvalue weighted by Crippen LogP contribution is -2.27. The number of halogens is 1. The number of rotatable bonds is 7. The third-order valence-corrected chi connectivity index (χ3v) is 3.08. The smallest absolute Gasteiger partial charge is 0.267 e. The van der Waals surface area contributed by atoms with Gasteiger partial charge in [-0.2, -0.15) is 0 Å². The van der Waals surface area contributed by atoms with Gasteiger partial charge in [-0.1, -0.05) is 6.92 Å². The lowest BCUT2D eigenvalue weighted by Gasteiger charge is -2.09. The van der Waals surface area contributed by atoms with Crippen LogP contribution in [0.2, 0.25) is 0 Å². The number of carbonyl (C=O) groups excluding carboxylic acids is 1. The van der Waals surface area contributed by atoms with E-state index in [0.717, 1.165) is 23.9 Å². The number of carbonyl (C=O) groups is 1. The second kappa shape index (κ2) is 7.59. The molecule has 0 aliphatic heterocycles. The maximum atomic E-state index is 12.0. The van der Waals surface area contributed by atoms with E-state index in [1.807, 2.05) is 16.8 Å². The minimum Gasteiger partial charge on any atom is -0.393 e. The Balaban J connectivity index is 2.50. The van der Waals surface area contributed by atoms with Gasteiger partial charge in [0, 0.05) is 23.8 Å². The Hall–Kier alpha value is -0.810. The van der Waals surface area contributed by atoms with E-state index in [4.69, 9.17) is 5.11 Å². The molecular weight excluding hydrogens is 296 g/mol. The van der Waals surface area contributed by atoms with Crippen LogP contribution in [0, 0.1) is 0 Å². The van der Waals surface area contributed by atoms with Gasteiger partial charge in [0.1, 0.15) is 5.69 Å². The maximum Gasteiger partial charge on any atom is 0.267 e. The molecule has 2 N–H and O–H groups in total. The topological polar surface area (TPSA) is 54.3 Å². The van der Waals surface area contributed by atoms with Gasteiger partial charge in [0.25, 0.3) is 5.91 Å². The Labute approximate surface area is 117 Å². The summed E-state index contributed by atoms with van der Waals surface area (Å²) in [6, 6.07) is 1.83. The third kappa shape index (κ3) is 4.82. The number of aryl methyl sites for hydroxylation is 1. The first-order valence-electron chi connectivity index (χ1n) is 6.36. The molecule has 0 bridgehead atoms. The molecule has 1 amide bonds. The Morgan fingerprint density at radius 2 is 2.33 bits per heavy atom. The fourth-order valence-corrected chi connectivity index (χ4v) is 2.25. The first kappa shape index (κ1) is 15.2. The number of amides is 1. The second-order valence-electron chi connectivity index (χ2n) is 4.48. The molecule has 102 valence electrons. The predicted octanol–water partition coefficient (Wildman–Crippen LogP) is 2.55. The van der Waals surface area contributed by atoms with Gasteiger partial charge in [-0.25, -0.2) is 0 Å². The van der Waals surface area contributed by atoms with Gasteiger partial charge in [0.2, 0.25) is 0 Å².